The first-order chi connectivity index (χ1) is 13.5. The highest BCUT2D eigenvalue weighted by Crippen LogP contribution is 2.48. The Kier molecular flexibility index (Phi) is 5.20. The molecule has 2 fully saturated rings. The van der Waals surface area contributed by atoms with Crippen LogP contribution in [0.2, 0.25) is 0 Å². The summed E-state index contributed by atoms with van der Waals surface area (Å²) in [5.41, 5.74) is 1.14. The predicted octanol–water partition coefficient (Wildman–Crippen LogP) is 3.21. The highest BCUT2D eigenvalue weighted by atomic mass is 16.4. The molecule has 0 radical (unpaired) electrons. The Hall–Kier alpha value is -2.63. The van der Waals surface area contributed by atoms with Crippen LogP contribution in [0, 0.1) is 23.7 Å². The smallest absolute Gasteiger partial charge is 0.307 e. The van der Waals surface area contributed by atoms with Crippen molar-refractivity contribution < 1.29 is 19.5 Å². The molecule has 3 aliphatic carbocycles. The number of carboxylic acid groups (broad SMARTS) is 1. The molecular formula is C22H26N2O4. The number of hydrogen-bond acceptors (Lipinski definition) is 3. The second kappa shape index (κ2) is 7.78. The van der Waals surface area contributed by atoms with Crippen molar-refractivity contribution in [3.05, 3.63) is 42.0 Å². The zero-order valence-corrected chi connectivity index (χ0v) is 15.8. The first kappa shape index (κ1) is 18.7. The molecule has 2 saturated carbocycles. The van der Waals surface area contributed by atoms with E-state index >= 15 is 0 Å². The SMILES string of the molecule is O=C(NC1CCCCC1)c1ccc(NC(=O)[C@H]2[C@H](C(=O)O)[C@H]3C=C[C@H]2C3)cc1. The van der Waals surface area contributed by atoms with Crippen molar-refractivity contribution in [2.45, 2.75) is 44.6 Å². The van der Waals surface area contributed by atoms with Crippen molar-refractivity contribution in [2.24, 2.45) is 23.7 Å². The van der Waals surface area contributed by atoms with Gasteiger partial charge >= 0.3 is 5.97 Å². The highest BCUT2D eigenvalue weighted by molar-refractivity contribution is 5.98. The van der Waals surface area contributed by atoms with Gasteiger partial charge in [-0.25, -0.2) is 0 Å². The zero-order valence-electron chi connectivity index (χ0n) is 15.8. The van der Waals surface area contributed by atoms with E-state index in [1.54, 1.807) is 24.3 Å². The number of hydrogen-bond donors (Lipinski definition) is 3. The standard InChI is InChI=1S/C22H26N2O4/c25-20(23-16-4-2-1-3-5-16)13-8-10-17(11-9-13)24-21(26)18-14-6-7-15(12-14)19(18)22(27)28/h6-11,14-16,18-19H,1-5,12H2,(H,23,25)(H,24,26)(H,27,28)/t14-,15-,18+,19+/m0/s1. The Labute approximate surface area is 164 Å². The number of aliphatic carboxylic acids is 1. The molecule has 2 bridgehead atoms. The summed E-state index contributed by atoms with van der Waals surface area (Å²) in [5.74, 6) is -2.52. The molecule has 0 aromatic heterocycles. The molecule has 0 saturated heterocycles. The van der Waals surface area contributed by atoms with Crippen LogP contribution in [0.4, 0.5) is 5.69 Å². The van der Waals surface area contributed by atoms with Gasteiger partial charge in [-0.3, -0.25) is 14.4 Å². The molecule has 2 amide bonds. The largest absolute Gasteiger partial charge is 0.481 e. The molecule has 1 aromatic carbocycles. The van der Waals surface area contributed by atoms with Gasteiger partial charge in [-0.2, -0.15) is 0 Å². The highest BCUT2D eigenvalue weighted by Gasteiger charge is 2.51. The lowest BCUT2D eigenvalue weighted by molar-refractivity contribution is -0.146. The minimum Gasteiger partial charge on any atom is -0.481 e. The lowest BCUT2D eigenvalue weighted by Gasteiger charge is -2.24. The summed E-state index contributed by atoms with van der Waals surface area (Å²) in [6.07, 6.45) is 10.2. The third kappa shape index (κ3) is 3.68. The van der Waals surface area contributed by atoms with Gasteiger partial charge in [-0.05, 0) is 55.4 Å². The number of fused-ring (bicyclic) bond motifs is 2. The van der Waals surface area contributed by atoms with Gasteiger partial charge in [-0.15, -0.1) is 0 Å². The Bertz CT molecular complexity index is 795. The van der Waals surface area contributed by atoms with Crippen molar-refractivity contribution in [2.75, 3.05) is 5.32 Å². The van der Waals surface area contributed by atoms with Crippen LogP contribution in [-0.2, 0) is 9.59 Å². The number of carbonyl (C=O) groups excluding carboxylic acids is 2. The van der Waals surface area contributed by atoms with Crippen molar-refractivity contribution in [1.82, 2.24) is 5.32 Å². The van der Waals surface area contributed by atoms with Gasteiger partial charge in [0.1, 0.15) is 0 Å². The summed E-state index contributed by atoms with van der Waals surface area (Å²) < 4.78 is 0. The second-order valence-corrected chi connectivity index (χ2v) is 8.21. The molecular weight excluding hydrogens is 356 g/mol. The number of allylic oxidation sites excluding steroid dienone is 2. The Morgan fingerprint density at radius 3 is 2.18 bits per heavy atom. The lowest BCUT2D eigenvalue weighted by atomic mass is 9.82. The molecule has 4 rings (SSSR count). The summed E-state index contributed by atoms with van der Waals surface area (Å²) in [6, 6.07) is 7.05. The number of amides is 2. The topological polar surface area (TPSA) is 95.5 Å². The van der Waals surface area contributed by atoms with E-state index in [0.29, 0.717) is 11.3 Å². The van der Waals surface area contributed by atoms with Gasteiger partial charge in [0.05, 0.1) is 11.8 Å². The van der Waals surface area contributed by atoms with Crippen LogP contribution in [0.1, 0.15) is 48.9 Å². The van der Waals surface area contributed by atoms with E-state index in [4.69, 9.17) is 0 Å². The molecule has 28 heavy (non-hydrogen) atoms. The number of carboxylic acids is 1. The van der Waals surface area contributed by atoms with E-state index in [-0.39, 0.29) is 29.7 Å². The normalized spacial score (nSPS) is 28.9. The van der Waals surface area contributed by atoms with Gasteiger partial charge < -0.3 is 15.7 Å². The number of benzene rings is 1. The monoisotopic (exact) mass is 382 g/mol. The zero-order chi connectivity index (χ0) is 19.7. The Morgan fingerprint density at radius 2 is 1.54 bits per heavy atom. The summed E-state index contributed by atoms with van der Waals surface area (Å²) in [4.78, 5) is 36.7. The van der Waals surface area contributed by atoms with Crippen LogP contribution in [0.5, 0.6) is 0 Å². The van der Waals surface area contributed by atoms with E-state index in [2.05, 4.69) is 10.6 Å². The Balaban J connectivity index is 1.37. The molecule has 6 heteroatoms. The molecule has 0 unspecified atom stereocenters. The number of carbonyl (C=O) groups is 3. The van der Waals surface area contributed by atoms with Crippen molar-refractivity contribution >= 4 is 23.5 Å². The average molecular weight is 382 g/mol. The number of anilines is 1. The fourth-order valence-electron chi connectivity index (χ4n) is 4.96. The lowest BCUT2D eigenvalue weighted by Crippen LogP contribution is -2.36. The molecule has 1 aromatic rings. The molecule has 0 spiro atoms. The molecule has 0 aliphatic heterocycles. The summed E-state index contributed by atoms with van der Waals surface area (Å²) in [7, 11) is 0. The van der Waals surface area contributed by atoms with Gasteiger partial charge in [0.15, 0.2) is 0 Å². The van der Waals surface area contributed by atoms with Crippen LogP contribution in [0.25, 0.3) is 0 Å². The first-order valence-corrected chi connectivity index (χ1v) is 10.2. The molecule has 0 heterocycles. The molecule has 148 valence electrons. The Morgan fingerprint density at radius 1 is 0.893 bits per heavy atom. The van der Waals surface area contributed by atoms with Gasteiger partial charge in [0.2, 0.25) is 5.91 Å². The van der Waals surface area contributed by atoms with Crippen molar-refractivity contribution in [3.8, 4) is 0 Å². The van der Waals surface area contributed by atoms with E-state index < -0.39 is 17.8 Å². The molecule has 3 N–H and O–H groups in total. The molecule has 3 aliphatic rings. The van der Waals surface area contributed by atoms with E-state index in [9.17, 15) is 19.5 Å². The number of rotatable bonds is 5. The first-order valence-electron chi connectivity index (χ1n) is 10.2. The number of nitrogens with one attached hydrogen (secondary N) is 2. The summed E-state index contributed by atoms with van der Waals surface area (Å²) in [6.45, 7) is 0. The van der Waals surface area contributed by atoms with Crippen LogP contribution >= 0.6 is 0 Å². The molecule has 6 nitrogen and oxygen atoms in total. The maximum Gasteiger partial charge on any atom is 0.307 e. The fourth-order valence-corrected chi connectivity index (χ4v) is 4.96. The van der Waals surface area contributed by atoms with E-state index in [1.807, 2.05) is 12.2 Å². The van der Waals surface area contributed by atoms with Crippen molar-refractivity contribution in [3.63, 3.8) is 0 Å². The minimum atomic E-state index is -0.910. The van der Waals surface area contributed by atoms with Crippen molar-refractivity contribution in [1.29, 1.82) is 0 Å². The van der Waals surface area contributed by atoms with Crippen LogP contribution < -0.4 is 10.6 Å². The van der Waals surface area contributed by atoms with Gasteiger partial charge in [0, 0.05) is 17.3 Å². The average Bonchev–Trinajstić information content (AvgIpc) is 3.31. The minimum absolute atomic E-state index is 0.00774. The van der Waals surface area contributed by atoms with Crippen LogP contribution in [0.3, 0.4) is 0 Å². The predicted molar refractivity (Wildman–Crippen MR) is 105 cm³/mol. The summed E-state index contributed by atoms with van der Waals surface area (Å²) >= 11 is 0. The maximum absolute atomic E-state index is 12.7. The summed E-state index contributed by atoms with van der Waals surface area (Å²) in [5, 5.41) is 15.4. The quantitative estimate of drug-likeness (QED) is 0.682. The van der Waals surface area contributed by atoms with Gasteiger partial charge in [0.25, 0.3) is 5.91 Å². The second-order valence-electron chi connectivity index (χ2n) is 8.21. The van der Waals surface area contributed by atoms with E-state index in [1.165, 1.54) is 6.42 Å². The van der Waals surface area contributed by atoms with Gasteiger partial charge in [-0.1, -0.05) is 31.4 Å². The third-order valence-electron chi connectivity index (χ3n) is 6.40. The van der Waals surface area contributed by atoms with Crippen LogP contribution in [0.15, 0.2) is 36.4 Å². The maximum atomic E-state index is 12.7. The van der Waals surface area contributed by atoms with Crippen LogP contribution in [-0.4, -0.2) is 28.9 Å². The third-order valence-corrected chi connectivity index (χ3v) is 6.40. The molecule has 4 atom stereocenters. The van der Waals surface area contributed by atoms with E-state index in [0.717, 1.165) is 32.1 Å². The fraction of sp³-hybridized carbons (Fsp3) is 0.500.